The lowest BCUT2D eigenvalue weighted by atomic mass is 10.2. The fourth-order valence-corrected chi connectivity index (χ4v) is 4.86. The van der Waals surface area contributed by atoms with Crippen molar-refractivity contribution in [2.45, 2.75) is 25.9 Å². The minimum absolute atomic E-state index is 0.221. The zero-order valence-corrected chi connectivity index (χ0v) is 19.0. The number of benzene rings is 2. The molecule has 2 aliphatic heterocycles. The summed E-state index contributed by atoms with van der Waals surface area (Å²) in [6, 6.07) is 17.0. The van der Waals surface area contributed by atoms with Crippen LogP contribution in [0.25, 0.3) is 0 Å². The zero-order valence-electron chi connectivity index (χ0n) is 18.1. The second-order valence-electron chi connectivity index (χ2n) is 7.86. The molecule has 0 spiro atoms. The monoisotopic (exact) mass is 437 g/mol. The molecule has 0 radical (unpaired) electrons. The molecule has 31 heavy (non-hydrogen) atoms. The molecular formula is C24H31N5OS. The van der Waals surface area contributed by atoms with Crippen LogP contribution in [-0.2, 0) is 17.9 Å². The smallest absolute Gasteiger partial charge is 0.227 e. The maximum Gasteiger partial charge on any atom is 0.227 e. The molecule has 0 bridgehead atoms. The van der Waals surface area contributed by atoms with Crippen molar-refractivity contribution < 1.29 is 4.79 Å². The lowest BCUT2D eigenvalue weighted by Gasteiger charge is -2.28. The van der Waals surface area contributed by atoms with Gasteiger partial charge in [0.15, 0.2) is 5.96 Å². The number of rotatable bonds is 6. The van der Waals surface area contributed by atoms with Gasteiger partial charge in [-0.3, -0.25) is 9.79 Å². The molecule has 0 saturated carbocycles. The maximum atomic E-state index is 11.9. The number of anilines is 2. The molecule has 2 saturated heterocycles. The van der Waals surface area contributed by atoms with E-state index in [1.165, 1.54) is 22.8 Å². The van der Waals surface area contributed by atoms with Gasteiger partial charge in [-0.25, -0.2) is 0 Å². The second kappa shape index (κ2) is 10.6. The summed E-state index contributed by atoms with van der Waals surface area (Å²) in [7, 11) is 1.79. The van der Waals surface area contributed by atoms with E-state index >= 15 is 0 Å². The van der Waals surface area contributed by atoms with Crippen molar-refractivity contribution in [1.82, 2.24) is 10.6 Å². The highest BCUT2D eigenvalue weighted by Gasteiger charge is 2.21. The summed E-state index contributed by atoms with van der Waals surface area (Å²) in [6.45, 7) is 4.50. The summed E-state index contributed by atoms with van der Waals surface area (Å²) in [5.74, 6) is 3.42. The van der Waals surface area contributed by atoms with Crippen LogP contribution in [0.4, 0.5) is 11.4 Å². The van der Waals surface area contributed by atoms with Gasteiger partial charge in [-0.1, -0.05) is 24.3 Å². The van der Waals surface area contributed by atoms with Gasteiger partial charge in [0.05, 0.1) is 0 Å². The molecule has 2 aromatic carbocycles. The van der Waals surface area contributed by atoms with E-state index in [9.17, 15) is 4.79 Å². The number of thioether (sulfide) groups is 1. The highest BCUT2D eigenvalue weighted by molar-refractivity contribution is 7.99. The zero-order chi connectivity index (χ0) is 21.5. The minimum atomic E-state index is 0.221. The summed E-state index contributed by atoms with van der Waals surface area (Å²) in [5.41, 5.74) is 4.69. The Morgan fingerprint density at radius 1 is 0.903 bits per heavy atom. The summed E-state index contributed by atoms with van der Waals surface area (Å²) < 4.78 is 0. The van der Waals surface area contributed by atoms with E-state index in [2.05, 4.69) is 56.9 Å². The number of nitrogens with one attached hydrogen (secondary N) is 2. The number of carbonyl (C=O) groups excluding carboxylic acids is 1. The lowest BCUT2D eigenvalue weighted by molar-refractivity contribution is -0.117. The van der Waals surface area contributed by atoms with Gasteiger partial charge in [0.25, 0.3) is 0 Å². The highest BCUT2D eigenvalue weighted by atomic mass is 32.2. The van der Waals surface area contributed by atoms with Crippen LogP contribution in [0, 0.1) is 0 Å². The van der Waals surface area contributed by atoms with Crippen LogP contribution in [0.5, 0.6) is 0 Å². The van der Waals surface area contributed by atoms with Crippen molar-refractivity contribution in [3.8, 4) is 0 Å². The first-order chi connectivity index (χ1) is 15.2. The van der Waals surface area contributed by atoms with Crippen LogP contribution in [-0.4, -0.2) is 50.1 Å². The Bertz CT molecular complexity index is 891. The van der Waals surface area contributed by atoms with Gasteiger partial charge in [-0.2, -0.15) is 11.8 Å². The molecule has 7 heteroatoms. The van der Waals surface area contributed by atoms with Crippen LogP contribution < -0.4 is 20.4 Å². The van der Waals surface area contributed by atoms with Gasteiger partial charge in [0.2, 0.25) is 5.91 Å². The Labute approximate surface area is 189 Å². The molecule has 1 amide bonds. The Hall–Kier alpha value is -2.67. The SMILES string of the molecule is CN=C(NCc1ccc(N2CCSCC2)cc1)NCc1ccc(N2CCCC2=O)cc1. The molecule has 0 unspecified atom stereocenters. The molecule has 0 aromatic heterocycles. The fraction of sp³-hybridized carbons (Fsp3) is 0.417. The number of hydrogen-bond donors (Lipinski definition) is 2. The summed E-state index contributed by atoms with van der Waals surface area (Å²) in [5, 5.41) is 6.75. The lowest BCUT2D eigenvalue weighted by Crippen LogP contribution is -2.36. The molecule has 0 aliphatic carbocycles. The highest BCUT2D eigenvalue weighted by Crippen LogP contribution is 2.22. The van der Waals surface area contributed by atoms with E-state index in [0.29, 0.717) is 13.0 Å². The molecule has 164 valence electrons. The number of guanidine groups is 1. The number of nitrogens with zero attached hydrogens (tertiary/aromatic N) is 3. The number of hydrogen-bond acceptors (Lipinski definition) is 4. The Morgan fingerprint density at radius 3 is 2.00 bits per heavy atom. The van der Waals surface area contributed by atoms with Gasteiger partial charge in [0.1, 0.15) is 0 Å². The Kier molecular flexibility index (Phi) is 7.35. The van der Waals surface area contributed by atoms with Crippen molar-refractivity contribution in [2.75, 3.05) is 48.0 Å². The molecule has 2 fully saturated rings. The first-order valence-corrected chi connectivity index (χ1v) is 12.1. The number of amides is 1. The van der Waals surface area contributed by atoms with Crippen molar-refractivity contribution in [3.63, 3.8) is 0 Å². The third kappa shape index (κ3) is 5.73. The Morgan fingerprint density at radius 2 is 1.48 bits per heavy atom. The van der Waals surface area contributed by atoms with Crippen LogP contribution in [0.1, 0.15) is 24.0 Å². The van der Waals surface area contributed by atoms with Gasteiger partial charge < -0.3 is 20.4 Å². The maximum absolute atomic E-state index is 11.9. The first-order valence-electron chi connectivity index (χ1n) is 11.0. The number of carbonyl (C=O) groups is 1. The van der Waals surface area contributed by atoms with Gasteiger partial charge in [-0.15, -0.1) is 0 Å². The van der Waals surface area contributed by atoms with Gasteiger partial charge in [-0.05, 0) is 41.8 Å². The first kappa shape index (κ1) is 21.6. The molecule has 2 aliphatic rings. The van der Waals surface area contributed by atoms with E-state index in [1.807, 2.05) is 28.8 Å². The average molecular weight is 438 g/mol. The average Bonchev–Trinajstić information content (AvgIpc) is 3.26. The predicted molar refractivity (Wildman–Crippen MR) is 131 cm³/mol. The van der Waals surface area contributed by atoms with Crippen LogP contribution >= 0.6 is 11.8 Å². The molecule has 6 nitrogen and oxygen atoms in total. The van der Waals surface area contributed by atoms with Crippen LogP contribution in [0.15, 0.2) is 53.5 Å². The van der Waals surface area contributed by atoms with Gasteiger partial charge >= 0.3 is 0 Å². The summed E-state index contributed by atoms with van der Waals surface area (Å²) in [4.78, 5) is 20.5. The van der Waals surface area contributed by atoms with Crippen molar-refractivity contribution in [2.24, 2.45) is 4.99 Å². The van der Waals surface area contributed by atoms with Crippen molar-refractivity contribution >= 4 is 35.0 Å². The van der Waals surface area contributed by atoms with Crippen molar-refractivity contribution in [1.29, 1.82) is 0 Å². The largest absolute Gasteiger partial charge is 0.370 e. The molecule has 2 heterocycles. The predicted octanol–water partition coefficient (Wildman–Crippen LogP) is 3.23. The second-order valence-corrected chi connectivity index (χ2v) is 9.09. The van der Waals surface area contributed by atoms with Crippen LogP contribution in [0.3, 0.4) is 0 Å². The third-order valence-corrected chi connectivity index (χ3v) is 6.72. The topological polar surface area (TPSA) is 60.0 Å². The van der Waals surface area contributed by atoms with E-state index in [-0.39, 0.29) is 5.91 Å². The van der Waals surface area contributed by atoms with E-state index in [0.717, 1.165) is 49.8 Å². The van der Waals surface area contributed by atoms with E-state index < -0.39 is 0 Å². The molecular weight excluding hydrogens is 406 g/mol. The minimum Gasteiger partial charge on any atom is -0.370 e. The summed E-state index contributed by atoms with van der Waals surface area (Å²) in [6.07, 6.45) is 1.61. The van der Waals surface area contributed by atoms with E-state index in [4.69, 9.17) is 0 Å². The van der Waals surface area contributed by atoms with Gasteiger partial charge in [0, 0.05) is 69.1 Å². The Balaban J connectivity index is 1.24. The molecule has 2 N–H and O–H groups in total. The fourth-order valence-electron chi connectivity index (χ4n) is 3.95. The molecule has 4 rings (SSSR count). The third-order valence-electron chi connectivity index (χ3n) is 5.78. The normalized spacial score (nSPS) is 17.2. The molecule has 0 atom stereocenters. The molecule has 2 aromatic rings. The number of aliphatic imine (C=N–C) groups is 1. The van der Waals surface area contributed by atoms with E-state index in [1.54, 1.807) is 7.05 Å². The summed E-state index contributed by atoms with van der Waals surface area (Å²) >= 11 is 2.03. The standard InChI is InChI=1S/C24H31N5OS/c1-25-24(26-17-19-4-8-21(9-5-19)28-13-15-31-16-14-28)27-18-20-6-10-22(11-7-20)29-12-2-3-23(29)30/h4-11H,2-3,12-18H2,1H3,(H2,25,26,27). The quantitative estimate of drug-likeness (QED) is 0.537. The van der Waals surface area contributed by atoms with Crippen molar-refractivity contribution in [3.05, 3.63) is 59.7 Å². The van der Waals surface area contributed by atoms with Crippen LogP contribution in [0.2, 0.25) is 0 Å².